The summed E-state index contributed by atoms with van der Waals surface area (Å²) in [5, 5.41) is -1.06. The third-order valence-electron chi connectivity index (χ3n) is 7.60. The minimum absolute atomic E-state index is 0.399. The topological polar surface area (TPSA) is 52.6 Å². The summed E-state index contributed by atoms with van der Waals surface area (Å²) in [5.74, 6) is 0. The van der Waals surface area contributed by atoms with Crippen molar-refractivity contribution in [2.75, 3.05) is 13.2 Å². The molecule has 0 unspecified atom stereocenters. The lowest BCUT2D eigenvalue weighted by molar-refractivity contribution is 0.166. The van der Waals surface area contributed by atoms with E-state index < -0.39 is 10.6 Å². The summed E-state index contributed by atoms with van der Waals surface area (Å²) in [6.45, 7) is 5.34. The summed E-state index contributed by atoms with van der Waals surface area (Å²) in [6.07, 6.45) is 36.4. The molecule has 0 aliphatic heterocycles. The van der Waals surface area contributed by atoms with E-state index in [0.717, 1.165) is 25.7 Å². The predicted molar refractivity (Wildman–Crippen MR) is 171 cm³/mol. The fourth-order valence-electron chi connectivity index (χ4n) is 5.03. The third-order valence-corrected chi connectivity index (χ3v) is 8.17. The average molecular weight is 571 g/mol. The first-order chi connectivity index (χ1) is 19.2. The molecule has 0 aliphatic carbocycles. The number of carbonyl (C=O) groups excluding carboxylic acids is 2. The van der Waals surface area contributed by atoms with Gasteiger partial charge >= 0.3 is 10.6 Å². The van der Waals surface area contributed by atoms with Gasteiger partial charge in [0, 0.05) is 0 Å². The van der Waals surface area contributed by atoms with E-state index in [1.807, 2.05) is 0 Å². The Balaban J connectivity index is 3.27. The Bertz CT molecular complexity index is 467. The quantitative estimate of drug-likeness (QED) is 0.0635. The lowest BCUT2D eigenvalue weighted by Crippen LogP contribution is -2.06. The van der Waals surface area contributed by atoms with E-state index in [1.165, 1.54) is 154 Å². The first-order valence-electron chi connectivity index (χ1n) is 17.2. The first-order valence-corrected chi connectivity index (χ1v) is 18.0. The molecule has 0 heterocycles. The van der Waals surface area contributed by atoms with Crippen molar-refractivity contribution in [2.24, 2.45) is 0 Å². The number of hydrogen-bond donors (Lipinski definition) is 0. The van der Waals surface area contributed by atoms with Crippen LogP contribution in [0.1, 0.15) is 194 Å². The van der Waals surface area contributed by atoms with Gasteiger partial charge in [-0.05, 0) is 12.8 Å². The van der Waals surface area contributed by atoms with Gasteiger partial charge in [0.15, 0.2) is 0 Å². The second-order valence-corrected chi connectivity index (χ2v) is 12.4. The van der Waals surface area contributed by atoms with E-state index in [-0.39, 0.29) is 0 Å². The minimum atomic E-state index is -0.532. The van der Waals surface area contributed by atoms with Crippen molar-refractivity contribution in [1.82, 2.24) is 0 Å². The summed E-state index contributed by atoms with van der Waals surface area (Å²) in [4.78, 5) is 23.6. The van der Waals surface area contributed by atoms with E-state index in [0.29, 0.717) is 25.0 Å². The minimum Gasteiger partial charge on any atom is -0.457 e. The lowest BCUT2D eigenvalue weighted by atomic mass is 10.0. The van der Waals surface area contributed by atoms with Gasteiger partial charge in [-0.3, -0.25) is 0 Å². The van der Waals surface area contributed by atoms with Crippen LogP contribution in [-0.2, 0) is 9.47 Å². The molecule has 0 aliphatic rings. The number of unbranched alkanes of at least 4 members (excludes halogenated alkanes) is 26. The van der Waals surface area contributed by atoms with E-state index >= 15 is 0 Å². The molecule has 0 spiro atoms. The van der Waals surface area contributed by atoms with Gasteiger partial charge in [0.2, 0.25) is 0 Å². The third kappa shape index (κ3) is 33.4. The first kappa shape index (κ1) is 38.3. The molecular formula is C34H66O4S. The van der Waals surface area contributed by atoms with Crippen molar-refractivity contribution in [3.8, 4) is 0 Å². The summed E-state index contributed by atoms with van der Waals surface area (Å²) < 4.78 is 10.3. The van der Waals surface area contributed by atoms with Crippen molar-refractivity contribution in [3.63, 3.8) is 0 Å². The molecule has 0 N–H and O–H groups in total. The molecule has 0 atom stereocenters. The number of thioether (sulfide) groups is 1. The Labute approximate surface area is 247 Å². The molecule has 0 bridgehead atoms. The Hall–Kier alpha value is -0.710. The summed E-state index contributed by atoms with van der Waals surface area (Å²) in [5.41, 5.74) is 0. The molecular weight excluding hydrogens is 504 g/mol. The van der Waals surface area contributed by atoms with Crippen LogP contribution in [-0.4, -0.2) is 23.8 Å². The van der Waals surface area contributed by atoms with Crippen molar-refractivity contribution < 1.29 is 19.1 Å². The van der Waals surface area contributed by atoms with Crippen molar-refractivity contribution in [3.05, 3.63) is 0 Å². The zero-order valence-electron chi connectivity index (χ0n) is 26.3. The maximum Gasteiger partial charge on any atom is 0.378 e. The molecule has 5 heteroatoms. The molecule has 39 heavy (non-hydrogen) atoms. The van der Waals surface area contributed by atoms with Crippen LogP contribution in [0.15, 0.2) is 0 Å². The summed E-state index contributed by atoms with van der Waals surface area (Å²) in [7, 11) is 0. The smallest absolute Gasteiger partial charge is 0.378 e. The van der Waals surface area contributed by atoms with Crippen LogP contribution < -0.4 is 0 Å². The van der Waals surface area contributed by atoms with Crippen LogP contribution in [0.2, 0.25) is 0 Å². The highest BCUT2D eigenvalue weighted by atomic mass is 32.2. The van der Waals surface area contributed by atoms with Crippen LogP contribution >= 0.6 is 11.8 Å². The number of ether oxygens (including phenoxy) is 2. The van der Waals surface area contributed by atoms with Gasteiger partial charge in [0.25, 0.3) is 0 Å². The van der Waals surface area contributed by atoms with E-state index in [9.17, 15) is 9.59 Å². The fraction of sp³-hybridized carbons (Fsp3) is 0.941. The lowest BCUT2D eigenvalue weighted by Gasteiger charge is -2.06. The summed E-state index contributed by atoms with van der Waals surface area (Å²) in [6, 6.07) is 0. The molecule has 4 nitrogen and oxygen atoms in total. The predicted octanol–water partition coefficient (Wildman–Crippen LogP) is 13.0. The van der Waals surface area contributed by atoms with Crippen LogP contribution in [0, 0.1) is 0 Å². The number of rotatable bonds is 30. The molecule has 0 saturated carbocycles. The second kappa shape index (κ2) is 33.5. The Kier molecular flexibility index (Phi) is 32.9. The van der Waals surface area contributed by atoms with E-state index in [1.54, 1.807) is 0 Å². The van der Waals surface area contributed by atoms with Crippen molar-refractivity contribution in [1.29, 1.82) is 0 Å². The van der Waals surface area contributed by atoms with Gasteiger partial charge < -0.3 is 9.47 Å². The highest BCUT2D eigenvalue weighted by Crippen LogP contribution is 2.15. The van der Waals surface area contributed by atoms with Gasteiger partial charge in [-0.15, -0.1) is 0 Å². The van der Waals surface area contributed by atoms with Crippen LogP contribution in [0.25, 0.3) is 0 Å². The Morgan fingerprint density at radius 1 is 0.359 bits per heavy atom. The van der Waals surface area contributed by atoms with Gasteiger partial charge in [0.05, 0.1) is 25.0 Å². The molecule has 0 saturated heterocycles. The van der Waals surface area contributed by atoms with Crippen molar-refractivity contribution >= 4 is 22.4 Å². The van der Waals surface area contributed by atoms with Crippen LogP contribution in [0.5, 0.6) is 0 Å². The molecule has 0 fully saturated rings. The molecule has 0 aromatic carbocycles. The SMILES string of the molecule is CCCCCCCCCCCCCCCCOC(=O)SC(=O)OCCCCCCCCCCCCCCCC. The van der Waals surface area contributed by atoms with Crippen LogP contribution in [0.4, 0.5) is 9.59 Å². The molecule has 0 amide bonds. The normalized spacial score (nSPS) is 11.1. The standard InChI is InChI=1S/C34H66O4S/c1-3-5-7-9-11-13-15-17-19-21-23-25-27-29-31-37-33(35)39-34(36)38-32-30-28-26-24-22-20-18-16-14-12-10-8-6-4-2/h3-32H2,1-2H3. The highest BCUT2D eigenvalue weighted by molar-refractivity contribution is 8.25. The largest absolute Gasteiger partial charge is 0.457 e. The molecule has 0 aromatic rings. The van der Waals surface area contributed by atoms with E-state index in [4.69, 9.17) is 9.47 Å². The van der Waals surface area contributed by atoms with Gasteiger partial charge in [0.1, 0.15) is 0 Å². The maximum atomic E-state index is 11.8. The summed E-state index contributed by atoms with van der Waals surface area (Å²) >= 11 is 0.550. The number of carbonyl (C=O) groups is 2. The maximum absolute atomic E-state index is 11.8. The fourth-order valence-corrected chi connectivity index (χ4v) is 5.45. The Morgan fingerprint density at radius 3 is 0.795 bits per heavy atom. The molecule has 0 rings (SSSR count). The van der Waals surface area contributed by atoms with Gasteiger partial charge in [-0.1, -0.05) is 181 Å². The monoisotopic (exact) mass is 570 g/mol. The van der Waals surface area contributed by atoms with Crippen molar-refractivity contribution in [2.45, 2.75) is 194 Å². The van der Waals surface area contributed by atoms with Gasteiger partial charge in [-0.25, -0.2) is 9.59 Å². The second-order valence-electron chi connectivity index (χ2n) is 11.5. The molecule has 232 valence electrons. The zero-order chi connectivity index (χ0) is 28.5. The van der Waals surface area contributed by atoms with Gasteiger partial charge in [-0.2, -0.15) is 0 Å². The van der Waals surface area contributed by atoms with Crippen LogP contribution in [0.3, 0.4) is 0 Å². The average Bonchev–Trinajstić information content (AvgIpc) is 2.93. The van der Waals surface area contributed by atoms with E-state index in [2.05, 4.69) is 13.8 Å². The Morgan fingerprint density at radius 2 is 0.564 bits per heavy atom. The number of hydrogen-bond acceptors (Lipinski definition) is 5. The molecule has 0 aromatic heterocycles. The molecule has 0 radical (unpaired) electrons. The zero-order valence-corrected chi connectivity index (χ0v) is 27.1. The highest BCUT2D eigenvalue weighted by Gasteiger charge is 2.13.